The van der Waals surface area contributed by atoms with E-state index in [1.165, 1.54) is 18.2 Å². The standard InChI is InChI=1S/C16H16FNO3S/c17-15-9-5-4-6-13(15)12-22(20,21)11-10-16(19)18-14-7-2-1-3-8-14/h1-9H,10-12H2,(H,18,19). The van der Waals surface area contributed by atoms with E-state index in [0.717, 1.165) is 0 Å². The summed E-state index contributed by atoms with van der Waals surface area (Å²) in [5, 5.41) is 2.61. The van der Waals surface area contributed by atoms with Crippen molar-refractivity contribution in [2.24, 2.45) is 0 Å². The van der Waals surface area contributed by atoms with Crippen LogP contribution in [-0.4, -0.2) is 20.1 Å². The van der Waals surface area contributed by atoms with Gasteiger partial charge in [-0.25, -0.2) is 12.8 Å². The maximum atomic E-state index is 13.5. The Morgan fingerprint density at radius 3 is 2.32 bits per heavy atom. The molecule has 22 heavy (non-hydrogen) atoms. The molecule has 1 amide bonds. The lowest BCUT2D eigenvalue weighted by atomic mass is 10.2. The number of nitrogens with one attached hydrogen (secondary N) is 1. The van der Waals surface area contributed by atoms with Crippen LogP contribution in [0.1, 0.15) is 12.0 Å². The number of sulfone groups is 1. The van der Waals surface area contributed by atoms with Crippen LogP contribution in [-0.2, 0) is 20.4 Å². The average Bonchev–Trinajstić information content (AvgIpc) is 2.49. The summed E-state index contributed by atoms with van der Waals surface area (Å²) in [7, 11) is -3.55. The van der Waals surface area contributed by atoms with E-state index < -0.39 is 21.4 Å². The normalized spacial score (nSPS) is 11.1. The van der Waals surface area contributed by atoms with E-state index >= 15 is 0 Å². The Kier molecular flexibility index (Phi) is 5.27. The number of hydrogen-bond donors (Lipinski definition) is 1. The van der Waals surface area contributed by atoms with E-state index in [2.05, 4.69) is 5.32 Å². The van der Waals surface area contributed by atoms with Crippen molar-refractivity contribution >= 4 is 21.4 Å². The van der Waals surface area contributed by atoms with Crippen molar-refractivity contribution in [1.82, 2.24) is 0 Å². The van der Waals surface area contributed by atoms with Gasteiger partial charge in [0.1, 0.15) is 5.82 Å². The summed E-state index contributed by atoms with van der Waals surface area (Å²) in [6, 6.07) is 14.5. The maximum absolute atomic E-state index is 13.5. The monoisotopic (exact) mass is 321 g/mol. The molecule has 2 rings (SSSR count). The molecule has 0 aliphatic carbocycles. The van der Waals surface area contributed by atoms with E-state index in [-0.39, 0.29) is 23.6 Å². The van der Waals surface area contributed by atoms with E-state index in [0.29, 0.717) is 5.69 Å². The fraction of sp³-hybridized carbons (Fsp3) is 0.188. The van der Waals surface area contributed by atoms with Gasteiger partial charge in [0.05, 0.1) is 11.5 Å². The molecule has 0 aromatic heterocycles. The third-order valence-electron chi connectivity index (χ3n) is 3.03. The first-order valence-corrected chi connectivity index (χ1v) is 8.57. The number of carbonyl (C=O) groups excluding carboxylic acids is 1. The summed E-state index contributed by atoms with van der Waals surface area (Å²) in [4.78, 5) is 11.7. The summed E-state index contributed by atoms with van der Waals surface area (Å²) in [5.41, 5.74) is 0.727. The molecule has 0 spiro atoms. The fourth-order valence-electron chi connectivity index (χ4n) is 1.92. The number of para-hydroxylation sites is 1. The Bertz CT molecular complexity index is 745. The molecular weight excluding hydrogens is 305 g/mol. The fourth-order valence-corrected chi connectivity index (χ4v) is 3.27. The molecule has 2 aromatic rings. The molecule has 0 saturated heterocycles. The summed E-state index contributed by atoms with van der Waals surface area (Å²) >= 11 is 0. The summed E-state index contributed by atoms with van der Waals surface area (Å²) < 4.78 is 37.4. The molecule has 0 atom stereocenters. The quantitative estimate of drug-likeness (QED) is 0.890. The van der Waals surface area contributed by atoms with Gasteiger partial charge in [-0.15, -0.1) is 0 Å². The first-order valence-electron chi connectivity index (χ1n) is 6.75. The molecule has 2 aromatic carbocycles. The number of amides is 1. The van der Waals surface area contributed by atoms with Crippen LogP contribution in [0.25, 0.3) is 0 Å². The van der Waals surface area contributed by atoms with Gasteiger partial charge in [-0.05, 0) is 18.2 Å². The Morgan fingerprint density at radius 2 is 1.64 bits per heavy atom. The zero-order valence-corrected chi connectivity index (χ0v) is 12.6. The molecular formula is C16H16FNO3S. The Morgan fingerprint density at radius 1 is 1.00 bits per heavy atom. The molecule has 0 unspecified atom stereocenters. The molecule has 1 N–H and O–H groups in total. The minimum atomic E-state index is -3.55. The van der Waals surface area contributed by atoms with E-state index in [4.69, 9.17) is 0 Å². The molecule has 0 fully saturated rings. The van der Waals surface area contributed by atoms with Crippen LogP contribution in [0.3, 0.4) is 0 Å². The predicted molar refractivity (Wildman–Crippen MR) is 83.6 cm³/mol. The van der Waals surface area contributed by atoms with Gasteiger partial charge in [0, 0.05) is 17.7 Å². The minimum absolute atomic E-state index is 0.117. The Balaban J connectivity index is 1.90. The van der Waals surface area contributed by atoms with Crippen LogP contribution < -0.4 is 5.32 Å². The van der Waals surface area contributed by atoms with Crippen molar-refractivity contribution < 1.29 is 17.6 Å². The first kappa shape index (κ1) is 16.2. The van der Waals surface area contributed by atoms with Crippen LogP contribution in [0.15, 0.2) is 54.6 Å². The highest BCUT2D eigenvalue weighted by Crippen LogP contribution is 2.12. The maximum Gasteiger partial charge on any atom is 0.225 e. The van der Waals surface area contributed by atoms with Crippen molar-refractivity contribution in [2.45, 2.75) is 12.2 Å². The molecule has 0 bridgehead atoms. The van der Waals surface area contributed by atoms with E-state index in [1.807, 2.05) is 6.07 Å². The van der Waals surface area contributed by atoms with E-state index in [9.17, 15) is 17.6 Å². The van der Waals surface area contributed by atoms with Crippen LogP contribution in [0, 0.1) is 5.82 Å². The van der Waals surface area contributed by atoms with Crippen LogP contribution in [0.2, 0.25) is 0 Å². The SMILES string of the molecule is O=C(CCS(=O)(=O)Cc1ccccc1F)Nc1ccccc1. The second-order valence-electron chi connectivity index (χ2n) is 4.85. The lowest BCUT2D eigenvalue weighted by Crippen LogP contribution is -2.18. The predicted octanol–water partition coefficient (Wildman–Crippen LogP) is 2.77. The molecule has 116 valence electrons. The number of carbonyl (C=O) groups is 1. The number of benzene rings is 2. The van der Waals surface area contributed by atoms with Crippen molar-refractivity contribution in [1.29, 1.82) is 0 Å². The van der Waals surface area contributed by atoms with Crippen LogP contribution in [0.4, 0.5) is 10.1 Å². The smallest absolute Gasteiger partial charge is 0.225 e. The van der Waals surface area contributed by atoms with Gasteiger partial charge in [-0.2, -0.15) is 0 Å². The second kappa shape index (κ2) is 7.17. The van der Waals surface area contributed by atoms with Gasteiger partial charge in [0.25, 0.3) is 0 Å². The van der Waals surface area contributed by atoms with Crippen molar-refractivity contribution in [3.63, 3.8) is 0 Å². The lowest BCUT2D eigenvalue weighted by Gasteiger charge is -2.07. The van der Waals surface area contributed by atoms with Gasteiger partial charge in [-0.1, -0.05) is 36.4 Å². The van der Waals surface area contributed by atoms with E-state index in [1.54, 1.807) is 30.3 Å². The van der Waals surface area contributed by atoms with Gasteiger partial charge in [0.15, 0.2) is 9.84 Å². The van der Waals surface area contributed by atoms with Gasteiger partial charge < -0.3 is 5.32 Å². The minimum Gasteiger partial charge on any atom is -0.326 e. The van der Waals surface area contributed by atoms with Gasteiger partial charge in [-0.3, -0.25) is 4.79 Å². The lowest BCUT2D eigenvalue weighted by molar-refractivity contribution is -0.115. The van der Waals surface area contributed by atoms with Crippen LogP contribution in [0.5, 0.6) is 0 Å². The zero-order chi connectivity index (χ0) is 16.0. The van der Waals surface area contributed by atoms with Crippen LogP contribution >= 0.6 is 0 Å². The highest BCUT2D eigenvalue weighted by molar-refractivity contribution is 7.90. The number of rotatable bonds is 6. The summed E-state index contributed by atoms with van der Waals surface area (Å²) in [5.74, 6) is -1.67. The molecule has 4 nitrogen and oxygen atoms in total. The summed E-state index contributed by atoms with van der Waals surface area (Å²) in [6.45, 7) is 0. The summed E-state index contributed by atoms with van der Waals surface area (Å²) in [6.07, 6.45) is -0.161. The molecule has 0 radical (unpaired) electrons. The molecule has 0 aliphatic heterocycles. The largest absolute Gasteiger partial charge is 0.326 e. The third kappa shape index (κ3) is 4.96. The first-order chi connectivity index (χ1) is 10.5. The van der Waals surface area contributed by atoms with Crippen molar-refractivity contribution in [3.8, 4) is 0 Å². The highest BCUT2D eigenvalue weighted by Gasteiger charge is 2.16. The number of halogens is 1. The second-order valence-corrected chi connectivity index (χ2v) is 7.03. The molecule has 0 aliphatic rings. The average molecular weight is 321 g/mol. The van der Waals surface area contributed by atoms with Crippen molar-refractivity contribution in [2.75, 3.05) is 11.1 Å². The van der Waals surface area contributed by atoms with Gasteiger partial charge >= 0.3 is 0 Å². The number of anilines is 1. The topological polar surface area (TPSA) is 63.2 Å². The molecule has 0 heterocycles. The van der Waals surface area contributed by atoms with Crippen molar-refractivity contribution in [3.05, 3.63) is 66.0 Å². The van der Waals surface area contributed by atoms with Gasteiger partial charge in [0.2, 0.25) is 5.91 Å². The molecule has 0 saturated carbocycles. The number of hydrogen-bond acceptors (Lipinski definition) is 3. The Labute approximate surface area is 128 Å². The molecule has 6 heteroatoms. The third-order valence-corrected chi connectivity index (χ3v) is 4.61. The highest BCUT2D eigenvalue weighted by atomic mass is 32.2. The zero-order valence-electron chi connectivity index (χ0n) is 11.8. The Hall–Kier alpha value is -2.21.